The van der Waals surface area contributed by atoms with Crippen molar-refractivity contribution in [1.29, 1.82) is 0 Å². The molecule has 0 spiro atoms. The van der Waals surface area contributed by atoms with Gasteiger partial charge in [-0.1, -0.05) is 0 Å². The van der Waals surface area contributed by atoms with E-state index < -0.39 is 4.92 Å². The fourth-order valence-corrected chi connectivity index (χ4v) is 2.49. The predicted octanol–water partition coefficient (Wildman–Crippen LogP) is 2.42. The van der Waals surface area contributed by atoms with Crippen molar-refractivity contribution in [3.63, 3.8) is 0 Å². The van der Waals surface area contributed by atoms with Crippen molar-refractivity contribution in [2.24, 2.45) is 0 Å². The van der Waals surface area contributed by atoms with Gasteiger partial charge >= 0.3 is 0 Å². The summed E-state index contributed by atoms with van der Waals surface area (Å²) in [6.45, 7) is 0.148. The number of carbonyl (C=O) groups is 1. The van der Waals surface area contributed by atoms with E-state index in [-0.39, 0.29) is 18.1 Å². The third-order valence-electron chi connectivity index (χ3n) is 3.79. The number of nitro groups is 1. The maximum absolute atomic E-state index is 12.3. The molecule has 0 aliphatic heterocycles. The number of hydrogen-bond acceptors (Lipinski definition) is 6. The smallest absolute Gasteiger partial charge is 0.271 e. The van der Waals surface area contributed by atoms with Gasteiger partial charge < -0.3 is 19.8 Å². The van der Waals surface area contributed by atoms with Gasteiger partial charge in [-0.25, -0.2) is 4.98 Å². The molecule has 0 aliphatic rings. The number of hydrogen-bond donors (Lipinski definition) is 2. The Kier molecular flexibility index (Phi) is 4.70. The Morgan fingerprint density at radius 2 is 1.96 bits per heavy atom. The van der Waals surface area contributed by atoms with Crippen LogP contribution in [0.25, 0.3) is 11.0 Å². The van der Waals surface area contributed by atoms with E-state index in [0.717, 1.165) is 0 Å². The summed E-state index contributed by atoms with van der Waals surface area (Å²) in [5, 5.41) is 13.6. The highest BCUT2D eigenvalue weighted by atomic mass is 16.6. The summed E-state index contributed by atoms with van der Waals surface area (Å²) in [6, 6.07) is 9.20. The van der Waals surface area contributed by atoms with Gasteiger partial charge in [0.25, 0.3) is 11.6 Å². The van der Waals surface area contributed by atoms with Gasteiger partial charge in [0.05, 0.1) is 36.7 Å². The van der Waals surface area contributed by atoms with E-state index in [2.05, 4.69) is 15.3 Å². The van der Waals surface area contributed by atoms with Gasteiger partial charge in [-0.05, 0) is 24.3 Å². The molecule has 0 unspecified atom stereocenters. The summed E-state index contributed by atoms with van der Waals surface area (Å²) >= 11 is 0. The molecular weight excluding hydrogens is 340 g/mol. The number of carbonyl (C=O) groups excluding carboxylic acids is 1. The lowest BCUT2D eigenvalue weighted by molar-refractivity contribution is -0.384. The maximum atomic E-state index is 12.3. The Morgan fingerprint density at radius 1 is 1.19 bits per heavy atom. The minimum atomic E-state index is -0.473. The van der Waals surface area contributed by atoms with Gasteiger partial charge in [-0.15, -0.1) is 0 Å². The van der Waals surface area contributed by atoms with Crippen molar-refractivity contribution >= 4 is 22.6 Å². The van der Waals surface area contributed by atoms with E-state index in [4.69, 9.17) is 9.47 Å². The highest BCUT2D eigenvalue weighted by molar-refractivity contribution is 5.94. The molecule has 0 bridgehead atoms. The van der Waals surface area contributed by atoms with Crippen LogP contribution in [-0.2, 0) is 6.54 Å². The molecule has 1 amide bonds. The number of imidazole rings is 1. The zero-order valence-corrected chi connectivity index (χ0v) is 14.1. The van der Waals surface area contributed by atoms with Crippen LogP contribution in [0, 0.1) is 10.1 Å². The minimum Gasteiger partial charge on any atom is -0.493 e. The number of nitrogens with one attached hydrogen (secondary N) is 2. The summed E-state index contributed by atoms with van der Waals surface area (Å²) in [5.74, 6) is 1.17. The van der Waals surface area contributed by atoms with E-state index in [1.807, 2.05) is 0 Å². The van der Waals surface area contributed by atoms with Crippen molar-refractivity contribution < 1.29 is 19.2 Å². The van der Waals surface area contributed by atoms with Gasteiger partial charge in [0.1, 0.15) is 5.82 Å². The third-order valence-corrected chi connectivity index (χ3v) is 3.79. The summed E-state index contributed by atoms with van der Waals surface area (Å²) < 4.78 is 10.3. The van der Waals surface area contributed by atoms with Crippen molar-refractivity contribution in [2.75, 3.05) is 14.2 Å². The van der Waals surface area contributed by atoms with Crippen molar-refractivity contribution in [1.82, 2.24) is 15.3 Å². The molecule has 1 heterocycles. The number of aromatic nitrogens is 2. The zero-order valence-electron chi connectivity index (χ0n) is 14.1. The summed E-state index contributed by atoms with van der Waals surface area (Å²) in [4.78, 5) is 29.9. The Morgan fingerprint density at radius 3 is 2.65 bits per heavy atom. The number of non-ortho nitro benzene ring substituents is 1. The van der Waals surface area contributed by atoms with Crippen molar-refractivity contribution in [3.8, 4) is 11.5 Å². The number of fused-ring (bicyclic) bond motifs is 1. The molecule has 9 nitrogen and oxygen atoms in total. The monoisotopic (exact) mass is 356 g/mol. The number of rotatable bonds is 6. The molecule has 0 aliphatic carbocycles. The summed E-state index contributed by atoms with van der Waals surface area (Å²) in [6.07, 6.45) is 0. The van der Waals surface area contributed by atoms with Crippen LogP contribution in [0.5, 0.6) is 11.5 Å². The fraction of sp³-hybridized carbons (Fsp3) is 0.176. The molecule has 0 saturated heterocycles. The van der Waals surface area contributed by atoms with E-state index in [0.29, 0.717) is 33.9 Å². The zero-order chi connectivity index (χ0) is 18.7. The quantitative estimate of drug-likeness (QED) is 0.517. The van der Waals surface area contributed by atoms with Gasteiger partial charge in [0.15, 0.2) is 11.5 Å². The second-order valence-electron chi connectivity index (χ2n) is 5.39. The van der Waals surface area contributed by atoms with Gasteiger partial charge in [0, 0.05) is 17.7 Å². The Bertz CT molecular complexity index is 982. The number of H-pyrrole nitrogens is 1. The summed E-state index contributed by atoms with van der Waals surface area (Å²) in [7, 11) is 3.01. The predicted molar refractivity (Wildman–Crippen MR) is 93.5 cm³/mol. The lowest BCUT2D eigenvalue weighted by Gasteiger charge is -2.09. The average Bonchev–Trinajstić information content (AvgIpc) is 3.07. The molecule has 0 fully saturated rings. The number of amides is 1. The molecule has 2 aromatic carbocycles. The van der Waals surface area contributed by atoms with E-state index in [9.17, 15) is 14.9 Å². The molecule has 9 heteroatoms. The molecule has 2 N–H and O–H groups in total. The lowest BCUT2D eigenvalue weighted by Crippen LogP contribution is -2.23. The maximum Gasteiger partial charge on any atom is 0.271 e. The largest absolute Gasteiger partial charge is 0.493 e. The van der Waals surface area contributed by atoms with Crippen LogP contribution in [0.1, 0.15) is 16.2 Å². The number of benzene rings is 2. The summed E-state index contributed by atoms with van der Waals surface area (Å²) in [5.41, 5.74) is 1.51. The molecule has 3 rings (SSSR count). The molecule has 0 saturated carbocycles. The molecule has 134 valence electrons. The molecular formula is C17H16N4O5. The third kappa shape index (κ3) is 3.41. The first-order valence-electron chi connectivity index (χ1n) is 7.65. The first-order chi connectivity index (χ1) is 12.5. The van der Waals surface area contributed by atoms with E-state index >= 15 is 0 Å². The topological polar surface area (TPSA) is 119 Å². The Labute approximate surface area is 148 Å². The van der Waals surface area contributed by atoms with Crippen molar-refractivity contribution in [3.05, 3.63) is 57.9 Å². The number of nitrogens with zero attached hydrogens (tertiary/aromatic N) is 2. The first kappa shape index (κ1) is 17.2. The van der Waals surface area contributed by atoms with Crippen LogP contribution in [0.15, 0.2) is 36.4 Å². The molecule has 0 radical (unpaired) electrons. The highest BCUT2D eigenvalue weighted by Crippen LogP contribution is 2.27. The average molecular weight is 356 g/mol. The molecule has 3 aromatic rings. The first-order valence-corrected chi connectivity index (χ1v) is 7.65. The van der Waals surface area contributed by atoms with Crippen LogP contribution in [0.2, 0.25) is 0 Å². The molecule has 1 aromatic heterocycles. The Hall–Kier alpha value is -3.62. The fourth-order valence-electron chi connectivity index (χ4n) is 2.49. The SMILES string of the molecule is COc1ccc(C(=O)NCc2nc3ccc([N+](=O)[O-])cc3[nH]2)cc1OC. The number of nitro benzene ring substituents is 1. The minimum absolute atomic E-state index is 0.0259. The second-order valence-corrected chi connectivity index (χ2v) is 5.39. The number of methoxy groups -OCH3 is 2. The molecule has 0 atom stereocenters. The van der Waals surface area contributed by atoms with E-state index in [1.165, 1.54) is 26.4 Å². The second kappa shape index (κ2) is 7.09. The van der Waals surface area contributed by atoms with Crippen LogP contribution in [0.3, 0.4) is 0 Å². The highest BCUT2D eigenvalue weighted by Gasteiger charge is 2.13. The van der Waals surface area contributed by atoms with Gasteiger partial charge in [-0.2, -0.15) is 0 Å². The number of ether oxygens (including phenoxy) is 2. The Balaban J connectivity index is 1.73. The normalized spacial score (nSPS) is 10.5. The standard InChI is InChI=1S/C17H16N4O5/c1-25-14-6-3-10(7-15(14)26-2)17(22)18-9-16-19-12-5-4-11(21(23)24)8-13(12)20-16/h3-8H,9H2,1-2H3,(H,18,22)(H,19,20). The van der Waals surface area contributed by atoms with Crippen LogP contribution in [-0.4, -0.2) is 35.0 Å². The number of aromatic amines is 1. The van der Waals surface area contributed by atoms with Crippen LogP contribution >= 0.6 is 0 Å². The molecule has 26 heavy (non-hydrogen) atoms. The van der Waals surface area contributed by atoms with E-state index in [1.54, 1.807) is 24.3 Å². The van der Waals surface area contributed by atoms with Gasteiger partial charge in [-0.3, -0.25) is 14.9 Å². The van der Waals surface area contributed by atoms with Crippen molar-refractivity contribution in [2.45, 2.75) is 6.54 Å². The van der Waals surface area contributed by atoms with Crippen LogP contribution in [0.4, 0.5) is 5.69 Å². The lowest BCUT2D eigenvalue weighted by atomic mass is 10.2. The van der Waals surface area contributed by atoms with Gasteiger partial charge in [0.2, 0.25) is 0 Å². The van der Waals surface area contributed by atoms with Crippen LogP contribution < -0.4 is 14.8 Å².